The topological polar surface area (TPSA) is 53.4 Å². The number of piperazine rings is 1. The van der Waals surface area contributed by atoms with Crippen molar-refractivity contribution >= 4 is 11.7 Å². The van der Waals surface area contributed by atoms with E-state index in [1.54, 1.807) is 6.92 Å². The van der Waals surface area contributed by atoms with Crippen LogP contribution in [-0.4, -0.2) is 59.9 Å². The summed E-state index contributed by atoms with van der Waals surface area (Å²) in [5.74, 6) is 1.25. The second-order valence-electron chi connectivity index (χ2n) is 7.25. The van der Waals surface area contributed by atoms with Gasteiger partial charge in [0.05, 0.1) is 6.04 Å². The minimum absolute atomic E-state index is 0.176. The monoisotopic (exact) mass is 303 g/mol. The van der Waals surface area contributed by atoms with Gasteiger partial charge in [-0.3, -0.25) is 9.48 Å². The molecule has 1 aliphatic carbocycles. The smallest absolute Gasteiger partial charge is 0.219 e. The molecule has 3 heterocycles. The van der Waals surface area contributed by atoms with Crippen LogP contribution in [0.15, 0.2) is 6.07 Å². The molecule has 0 radical (unpaired) electrons. The van der Waals surface area contributed by atoms with E-state index in [-0.39, 0.29) is 5.91 Å². The van der Waals surface area contributed by atoms with E-state index in [9.17, 15) is 4.79 Å². The highest BCUT2D eigenvalue weighted by Crippen LogP contribution is 2.51. The van der Waals surface area contributed by atoms with Gasteiger partial charge in [-0.15, -0.1) is 0 Å². The fraction of sp³-hybridized carbons (Fsp3) is 0.750. The molecular weight excluding hydrogens is 278 g/mol. The van der Waals surface area contributed by atoms with Gasteiger partial charge in [0.15, 0.2) is 5.82 Å². The van der Waals surface area contributed by atoms with E-state index < -0.39 is 0 Å². The quantitative estimate of drug-likeness (QED) is 0.877. The molecule has 1 N–H and O–H groups in total. The molecule has 3 fully saturated rings. The Balaban J connectivity index is 1.41. The molecule has 4 rings (SSSR count). The molecule has 2 aliphatic heterocycles. The minimum Gasteiger partial charge on any atom is -0.352 e. The van der Waals surface area contributed by atoms with Crippen molar-refractivity contribution in [3.05, 3.63) is 11.8 Å². The van der Waals surface area contributed by atoms with Crippen LogP contribution in [0.25, 0.3) is 0 Å². The van der Waals surface area contributed by atoms with Crippen LogP contribution in [0.1, 0.15) is 31.5 Å². The first-order valence-electron chi connectivity index (χ1n) is 8.34. The summed E-state index contributed by atoms with van der Waals surface area (Å²) in [6.45, 7) is 9.55. The van der Waals surface area contributed by atoms with E-state index in [0.717, 1.165) is 32.0 Å². The van der Waals surface area contributed by atoms with Crippen molar-refractivity contribution < 1.29 is 4.79 Å². The summed E-state index contributed by atoms with van der Waals surface area (Å²) in [5, 5.41) is 8.26. The predicted molar refractivity (Wildman–Crippen MR) is 85.0 cm³/mol. The molecule has 1 amide bonds. The maximum absolute atomic E-state index is 11.4. The second-order valence-corrected chi connectivity index (χ2v) is 7.25. The number of hydrogen-bond acceptors (Lipinski definition) is 4. The zero-order valence-electron chi connectivity index (χ0n) is 13.5. The van der Waals surface area contributed by atoms with Crippen LogP contribution >= 0.6 is 0 Å². The zero-order chi connectivity index (χ0) is 15.3. The molecule has 1 aromatic rings. The number of amides is 1. The summed E-state index contributed by atoms with van der Waals surface area (Å²) in [5.41, 5.74) is 1.84. The SMILES string of the molecule is CC(=O)N1CCN(c2cc(C)n(C3CC4(CNC4)C3)n2)CC1. The Morgan fingerprint density at radius 1 is 1.27 bits per heavy atom. The highest BCUT2D eigenvalue weighted by atomic mass is 16.2. The van der Waals surface area contributed by atoms with E-state index >= 15 is 0 Å². The number of nitrogens with zero attached hydrogens (tertiary/aromatic N) is 4. The van der Waals surface area contributed by atoms with Gasteiger partial charge in [-0.1, -0.05) is 0 Å². The molecule has 1 spiro atoms. The molecule has 6 nitrogen and oxygen atoms in total. The van der Waals surface area contributed by atoms with Gasteiger partial charge >= 0.3 is 0 Å². The molecule has 0 atom stereocenters. The van der Waals surface area contributed by atoms with Gasteiger partial charge in [0.25, 0.3) is 0 Å². The van der Waals surface area contributed by atoms with E-state index in [1.165, 1.54) is 31.6 Å². The largest absolute Gasteiger partial charge is 0.352 e. The second kappa shape index (κ2) is 4.98. The molecular formula is C16H25N5O. The summed E-state index contributed by atoms with van der Waals surface area (Å²) < 4.78 is 2.23. The number of nitrogens with one attached hydrogen (secondary N) is 1. The molecule has 22 heavy (non-hydrogen) atoms. The first-order valence-corrected chi connectivity index (χ1v) is 8.34. The lowest BCUT2D eigenvalue weighted by molar-refractivity contribution is -0.129. The average Bonchev–Trinajstić information content (AvgIpc) is 2.78. The summed E-state index contributed by atoms with van der Waals surface area (Å²) in [7, 11) is 0. The van der Waals surface area contributed by atoms with Gasteiger partial charge in [0, 0.05) is 58.0 Å². The lowest BCUT2D eigenvalue weighted by Crippen LogP contribution is -2.60. The van der Waals surface area contributed by atoms with Crippen LogP contribution in [0.2, 0.25) is 0 Å². The number of anilines is 1. The third-order valence-electron chi connectivity index (χ3n) is 5.64. The van der Waals surface area contributed by atoms with Crippen LogP contribution in [0.3, 0.4) is 0 Å². The summed E-state index contributed by atoms with van der Waals surface area (Å²) >= 11 is 0. The predicted octanol–water partition coefficient (Wildman–Crippen LogP) is 0.785. The maximum Gasteiger partial charge on any atom is 0.219 e. The van der Waals surface area contributed by atoms with Crippen LogP contribution in [0.4, 0.5) is 5.82 Å². The van der Waals surface area contributed by atoms with Crippen molar-refractivity contribution in [2.45, 2.75) is 32.7 Å². The molecule has 0 bridgehead atoms. The van der Waals surface area contributed by atoms with Gasteiger partial charge in [-0.05, 0) is 25.2 Å². The highest BCUT2D eigenvalue weighted by molar-refractivity contribution is 5.73. The molecule has 0 aromatic carbocycles. The lowest BCUT2D eigenvalue weighted by Gasteiger charge is -2.54. The average molecular weight is 303 g/mol. The Hall–Kier alpha value is -1.56. The van der Waals surface area contributed by atoms with Gasteiger partial charge in [-0.2, -0.15) is 5.10 Å². The molecule has 0 unspecified atom stereocenters. The van der Waals surface area contributed by atoms with Gasteiger partial charge in [0.1, 0.15) is 0 Å². The Morgan fingerprint density at radius 3 is 2.50 bits per heavy atom. The lowest BCUT2D eigenvalue weighted by atomic mass is 9.62. The van der Waals surface area contributed by atoms with Crippen molar-refractivity contribution in [3.8, 4) is 0 Å². The van der Waals surface area contributed by atoms with Crippen molar-refractivity contribution in [3.63, 3.8) is 0 Å². The molecule has 1 aromatic heterocycles. The van der Waals surface area contributed by atoms with Crippen molar-refractivity contribution in [2.75, 3.05) is 44.2 Å². The Morgan fingerprint density at radius 2 is 1.95 bits per heavy atom. The van der Waals surface area contributed by atoms with Gasteiger partial charge in [-0.25, -0.2) is 0 Å². The molecule has 3 aliphatic rings. The minimum atomic E-state index is 0.176. The van der Waals surface area contributed by atoms with E-state index in [0.29, 0.717) is 11.5 Å². The fourth-order valence-corrected chi connectivity index (χ4v) is 4.13. The van der Waals surface area contributed by atoms with E-state index in [4.69, 9.17) is 5.10 Å². The molecule has 6 heteroatoms. The van der Waals surface area contributed by atoms with Crippen LogP contribution in [0.5, 0.6) is 0 Å². The zero-order valence-corrected chi connectivity index (χ0v) is 13.5. The van der Waals surface area contributed by atoms with E-state index in [1.807, 2.05) is 4.90 Å². The molecule has 2 saturated heterocycles. The van der Waals surface area contributed by atoms with E-state index in [2.05, 4.69) is 27.9 Å². The first-order chi connectivity index (χ1) is 10.6. The number of rotatable bonds is 2. The number of hydrogen-bond donors (Lipinski definition) is 1. The summed E-state index contributed by atoms with van der Waals surface area (Å²) in [6.07, 6.45) is 2.53. The molecule has 1 saturated carbocycles. The summed E-state index contributed by atoms with van der Waals surface area (Å²) in [4.78, 5) is 15.6. The standard InChI is InChI=1S/C16H25N5O/c1-12-7-15(20-5-3-19(4-6-20)13(2)22)18-21(12)14-8-16(9-14)10-17-11-16/h7,14,17H,3-6,8-11H2,1-2H3. The van der Waals surface area contributed by atoms with Gasteiger partial charge in [0.2, 0.25) is 5.91 Å². The highest BCUT2D eigenvalue weighted by Gasteiger charge is 2.49. The number of carbonyl (C=O) groups excluding carboxylic acids is 1. The fourth-order valence-electron chi connectivity index (χ4n) is 4.13. The molecule has 120 valence electrons. The maximum atomic E-state index is 11.4. The third kappa shape index (κ3) is 2.20. The summed E-state index contributed by atoms with van der Waals surface area (Å²) in [6, 6.07) is 2.78. The van der Waals surface area contributed by atoms with Crippen molar-refractivity contribution in [2.24, 2.45) is 5.41 Å². The van der Waals surface area contributed by atoms with Crippen LogP contribution in [-0.2, 0) is 4.79 Å². The van der Waals surface area contributed by atoms with Crippen molar-refractivity contribution in [1.82, 2.24) is 20.0 Å². The number of aromatic nitrogens is 2. The Labute approximate surface area is 131 Å². The first kappa shape index (κ1) is 14.1. The van der Waals surface area contributed by atoms with Crippen molar-refractivity contribution in [1.29, 1.82) is 0 Å². The number of aryl methyl sites for hydroxylation is 1. The number of carbonyl (C=O) groups is 1. The van der Waals surface area contributed by atoms with Crippen LogP contribution in [0, 0.1) is 12.3 Å². The Bertz CT molecular complexity index is 575. The normalized spacial score (nSPS) is 24.3. The van der Waals surface area contributed by atoms with Gasteiger partial charge < -0.3 is 15.1 Å². The Kier molecular flexibility index (Phi) is 3.18. The van der Waals surface area contributed by atoms with Crippen LogP contribution < -0.4 is 10.2 Å². The third-order valence-corrected chi connectivity index (χ3v) is 5.64.